The maximum Gasteiger partial charge on any atom is 0.266 e. The van der Waals surface area contributed by atoms with Gasteiger partial charge in [-0.05, 0) is 12.1 Å². The smallest absolute Gasteiger partial charge is 0.266 e. The molecule has 5 N–H and O–H groups in total. The fourth-order valence-corrected chi connectivity index (χ4v) is 2.47. The van der Waals surface area contributed by atoms with Crippen molar-refractivity contribution < 1.29 is 8.42 Å². The van der Waals surface area contributed by atoms with Crippen LogP contribution in [-0.2, 0) is 10.0 Å². The number of benzene rings is 1. The van der Waals surface area contributed by atoms with Crippen molar-refractivity contribution in [3.63, 3.8) is 0 Å². The molecule has 0 amide bonds. The van der Waals surface area contributed by atoms with Gasteiger partial charge in [0.2, 0.25) is 5.95 Å². The van der Waals surface area contributed by atoms with E-state index in [9.17, 15) is 8.42 Å². The van der Waals surface area contributed by atoms with Gasteiger partial charge in [-0.3, -0.25) is 5.84 Å². The molecular formula is C9H11N5O2S. The first-order valence-electron chi connectivity index (χ1n) is 4.71. The van der Waals surface area contributed by atoms with Gasteiger partial charge in [0.05, 0.1) is 5.69 Å². The summed E-state index contributed by atoms with van der Waals surface area (Å²) in [6, 6.07) is 6.30. The van der Waals surface area contributed by atoms with E-state index in [1.165, 1.54) is 18.5 Å². The fraction of sp³-hybridized carbons (Fsp3) is 0. The van der Waals surface area contributed by atoms with Crippen LogP contribution < -0.4 is 16.0 Å². The monoisotopic (exact) mass is 253 g/mol. The summed E-state index contributed by atoms with van der Waals surface area (Å²) in [7, 11) is -3.71. The third-order valence-corrected chi connectivity index (χ3v) is 3.46. The summed E-state index contributed by atoms with van der Waals surface area (Å²) >= 11 is 0. The molecule has 0 radical (unpaired) electrons. The third-order valence-electron chi connectivity index (χ3n) is 2.06. The van der Waals surface area contributed by atoms with Crippen molar-refractivity contribution in [2.45, 2.75) is 4.90 Å². The number of nitrogens with one attached hydrogen (secondary N) is 3. The van der Waals surface area contributed by atoms with Crippen molar-refractivity contribution in [2.75, 3.05) is 10.1 Å². The molecule has 90 valence electrons. The minimum absolute atomic E-state index is 0.0545. The summed E-state index contributed by atoms with van der Waals surface area (Å²) in [5, 5.41) is 0. The van der Waals surface area contributed by atoms with Crippen molar-refractivity contribution in [2.24, 2.45) is 5.84 Å². The number of nitrogens with two attached hydrogens (primary N) is 1. The second-order valence-corrected chi connectivity index (χ2v) is 4.83. The summed E-state index contributed by atoms with van der Waals surface area (Å²) in [5.41, 5.74) is 2.64. The zero-order valence-electron chi connectivity index (χ0n) is 8.71. The number of aromatic amines is 1. The number of hydrogen-bond acceptors (Lipinski definition) is 5. The molecule has 0 aliphatic heterocycles. The van der Waals surface area contributed by atoms with Crippen molar-refractivity contribution in [1.82, 2.24) is 9.97 Å². The molecule has 0 saturated carbocycles. The standard InChI is InChI=1S/C9H11N5O2S/c10-13-7-3-1-2-4-8(7)17(15,16)14-9-11-5-6-12-9/h1-6,13H,10H2,(H2,11,12,14). The number of hydrazine groups is 1. The van der Waals surface area contributed by atoms with E-state index < -0.39 is 10.0 Å². The molecule has 1 heterocycles. The SMILES string of the molecule is NNc1ccccc1S(=O)(=O)Nc1ncc[nH]1. The van der Waals surface area contributed by atoms with Gasteiger partial charge in [0.25, 0.3) is 10.0 Å². The van der Waals surface area contributed by atoms with Crippen molar-refractivity contribution in [3.05, 3.63) is 36.7 Å². The average molecular weight is 253 g/mol. The Hall–Kier alpha value is -2.06. The first-order chi connectivity index (χ1) is 8.13. The van der Waals surface area contributed by atoms with Crippen molar-refractivity contribution in [3.8, 4) is 0 Å². The minimum atomic E-state index is -3.71. The van der Waals surface area contributed by atoms with Crippen molar-refractivity contribution in [1.29, 1.82) is 0 Å². The van der Waals surface area contributed by atoms with E-state index in [1.54, 1.807) is 18.2 Å². The van der Waals surface area contributed by atoms with Gasteiger partial charge in [-0.2, -0.15) is 0 Å². The molecule has 0 atom stereocenters. The summed E-state index contributed by atoms with van der Waals surface area (Å²) in [6.07, 6.45) is 2.97. The van der Waals surface area contributed by atoms with E-state index in [-0.39, 0.29) is 10.8 Å². The van der Waals surface area contributed by atoms with E-state index in [1.807, 2.05) is 0 Å². The van der Waals surface area contributed by atoms with Gasteiger partial charge in [0.15, 0.2) is 0 Å². The van der Waals surface area contributed by atoms with Crippen LogP contribution in [0.25, 0.3) is 0 Å². The van der Waals surface area contributed by atoms with Crippen LogP contribution in [0.5, 0.6) is 0 Å². The molecule has 7 nitrogen and oxygen atoms in total. The highest BCUT2D eigenvalue weighted by molar-refractivity contribution is 7.92. The molecule has 2 aromatic rings. The van der Waals surface area contributed by atoms with E-state index in [0.29, 0.717) is 5.69 Å². The van der Waals surface area contributed by atoms with E-state index >= 15 is 0 Å². The van der Waals surface area contributed by atoms with Crippen LogP contribution in [-0.4, -0.2) is 18.4 Å². The lowest BCUT2D eigenvalue weighted by Crippen LogP contribution is -2.18. The van der Waals surface area contributed by atoms with Crippen LogP contribution in [0.15, 0.2) is 41.6 Å². The number of rotatable bonds is 4. The van der Waals surface area contributed by atoms with Crippen LogP contribution in [0, 0.1) is 0 Å². The molecule has 0 bridgehead atoms. The molecule has 0 aliphatic rings. The highest BCUT2D eigenvalue weighted by Crippen LogP contribution is 2.21. The molecule has 2 rings (SSSR count). The highest BCUT2D eigenvalue weighted by atomic mass is 32.2. The van der Waals surface area contributed by atoms with Crippen LogP contribution in [0.1, 0.15) is 0 Å². The number of anilines is 2. The molecule has 1 aromatic carbocycles. The quantitative estimate of drug-likeness (QED) is 0.468. The number of imidazole rings is 1. The minimum Gasteiger partial charge on any atom is -0.330 e. The molecule has 17 heavy (non-hydrogen) atoms. The Labute approximate surface area is 98.1 Å². The lowest BCUT2D eigenvalue weighted by atomic mass is 10.3. The van der Waals surface area contributed by atoms with Gasteiger partial charge < -0.3 is 10.4 Å². The highest BCUT2D eigenvalue weighted by Gasteiger charge is 2.18. The topological polar surface area (TPSA) is 113 Å². The Morgan fingerprint density at radius 3 is 2.71 bits per heavy atom. The van der Waals surface area contributed by atoms with Crippen LogP contribution in [0.2, 0.25) is 0 Å². The predicted molar refractivity (Wildman–Crippen MR) is 63.6 cm³/mol. The Kier molecular flexibility index (Phi) is 2.98. The molecule has 1 aromatic heterocycles. The zero-order chi connectivity index (χ0) is 12.3. The number of hydrogen-bond donors (Lipinski definition) is 4. The predicted octanol–water partition coefficient (Wildman–Crippen LogP) is 0.496. The molecule has 0 saturated heterocycles. The van der Waals surface area contributed by atoms with Gasteiger partial charge in [0, 0.05) is 12.4 Å². The van der Waals surface area contributed by atoms with E-state index in [2.05, 4.69) is 20.1 Å². The number of nitrogens with zero attached hydrogens (tertiary/aromatic N) is 1. The maximum atomic E-state index is 12.0. The Balaban J connectivity index is 2.38. The number of sulfonamides is 1. The number of aromatic nitrogens is 2. The Morgan fingerprint density at radius 1 is 1.29 bits per heavy atom. The third kappa shape index (κ3) is 2.37. The molecule has 0 unspecified atom stereocenters. The lowest BCUT2D eigenvalue weighted by Gasteiger charge is -2.09. The maximum absolute atomic E-state index is 12.0. The molecule has 0 fully saturated rings. The van der Waals surface area contributed by atoms with Gasteiger partial charge in [-0.15, -0.1) is 0 Å². The zero-order valence-corrected chi connectivity index (χ0v) is 9.53. The molecule has 0 spiro atoms. The molecule has 8 heteroatoms. The first-order valence-corrected chi connectivity index (χ1v) is 6.19. The normalized spacial score (nSPS) is 11.1. The molecule has 0 aliphatic carbocycles. The fourth-order valence-electron chi connectivity index (χ4n) is 1.32. The van der Waals surface area contributed by atoms with E-state index in [4.69, 9.17) is 5.84 Å². The molecular weight excluding hydrogens is 242 g/mol. The largest absolute Gasteiger partial charge is 0.330 e. The van der Waals surface area contributed by atoms with E-state index in [0.717, 1.165) is 0 Å². The summed E-state index contributed by atoms with van der Waals surface area (Å²) < 4.78 is 26.3. The van der Waals surface area contributed by atoms with Gasteiger partial charge in [-0.25, -0.2) is 18.1 Å². The summed E-state index contributed by atoms with van der Waals surface area (Å²) in [4.78, 5) is 6.49. The number of para-hydroxylation sites is 1. The number of H-pyrrole nitrogens is 1. The first kappa shape index (κ1) is 11.4. The lowest BCUT2D eigenvalue weighted by molar-refractivity contribution is 0.601. The Morgan fingerprint density at radius 2 is 2.06 bits per heavy atom. The average Bonchev–Trinajstić information content (AvgIpc) is 2.81. The van der Waals surface area contributed by atoms with Gasteiger partial charge in [0.1, 0.15) is 4.90 Å². The van der Waals surface area contributed by atoms with Crippen LogP contribution >= 0.6 is 0 Å². The van der Waals surface area contributed by atoms with Gasteiger partial charge in [-0.1, -0.05) is 12.1 Å². The van der Waals surface area contributed by atoms with Crippen LogP contribution in [0.4, 0.5) is 11.6 Å². The second-order valence-electron chi connectivity index (χ2n) is 3.18. The van der Waals surface area contributed by atoms with Gasteiger partial charge >= 0.3 is 0 Å². The second kappa shape index (κ2) is 4.44. The van der Waals surface area contributed by atoms with Crippen LogP contribution in [0.3, 0.4) is 0 Å². The summed E-state index contributed by atoms with van der Waals surface area (Å²) in [5.74, 6) is 5.40. The summed E-state index contributed by atoms with van der Waals surface area (Å²) in [6.45, 7) is 0. The Bertz CT molecular complexity index is 594. The van der Waals surface area contributed by atoms with Crippen molar-refractivity contribution >= 4 is 21.7 Å². The number of nitrogen functional groups attached to an aromatic ring is 1.